The fourth-order valence-corrected chi connectivity index (χ4v) is 9.97. The van der Waals surface area contributed by atoms with Crippen LogP contribution in [0.25, 0.3) is 22.3 Å². The van der Waals surface area contributed by atoms with E-state index in [0.717, 1.165) is 102 Å². The summed E-state index contributed by atoms with van der Waals surface area (Å²) < 4.78 is 0. The van der Waals surface area contributed by atoms with Gasteiger partial charge in [-0.25, -0.2) is 20.0 Å². The number of nitrogens with zero attached hydrogens (tertiary/aromatic N) is 6. The van der Waals surface area contributed by atoms with Crippen molar-refractivity contribution in [2.45, 2.75) is 105 Å². The van der Waals surface area contributed by atoms with E-state index in [1.165, 1.54) is 22.3 Å². The number of hydrogen-bond donors (Lipinski definition) is 0. The van der Waals surface area contributed by atoms with Crippen LogP contribution in [0.5, 0.6) is 0 Å². The summed E-state index contributed by atoms with van der Waals surface area (Å²) in [5.74, 6) is 0. The predicted molar refractivity (Wildman–Crippen MR) is 292 cm³/mol. The molecule has 0 fully saturated rings. The van der Waals surface area contributed by atoms with Crippen LogP contribution in [0.2, 0.25) is 0 Å². The van der Waals surface area contributed by atoms with E-state index in [9.17, 15) is 0 Å². The second-order valence-electron chi connectivity index (χ2n) is 23.3. The first-order chi connectivity index (χ1) is 32.5. The average Bonchev–Trinajstić information content (AvgIpc) is 4.15. The minimum absolute atomic E-state index is 0. The Morgan fingerprint density at radius 1 is 0.352 bits per heavy atom. The van der Waals surface area contributed by atoms with E-state index in [-0.39, 0.29) is 65.1 Å². The molecule has 356 valence electrons. The molecule has 0 aromatic heterocycles. The Hall–Kier alpha value is -5.57. The summed E-state index contributed by atoms with van der Waals surface area (Å²) in [6.45, 7) is 29.3. The van der Waals surface area contributed by atoms with E-state index < -0.39 is 0 Å². The molecule has 0 aliphatic carbocycles. The van der Waals surface area contributed by atoms with Gasteiger partial charge >= 0.3 is 19.5 Å². The van der Waals surface area contributed by atoms with E-state index in [4.69, 9.17) is 20.0 Å². The molecule has 0 radical (unpaired) electrons. The summed E-state index contributed by atoms with van der Waals surface area (Å²) in [7, 11) is 4.25. The molecule has 6 aliphatic rings. The van der Waals surface area contributed by atoms with Gasteiger partial charge in [-0.2, -0.15) is 6.67 Å². The largest absolute Gasteiger partial charge is 2.00 e. The number of rotatable bonds is 4. The van der Waals surface area contributed by atoms with Crippen molar-refractivity contribution in [1.29, 1.82) is 0 Å². The van der Waals surface area contributed by atoms with Crippen LogP contribution >= 0.6 is 0 Å². The van der Waals surface area contributed by atoms with Crippen molar-refractivity contribution in [2.24, 2.45) is 20.0 Å². The molecule has 6 aliphatic heterocycles. The zero-order valence-corrected chi connectivity index (χ0v) is 49.2. The van der Waals surface area contributed by atoms with E-state index in [0.29, 0.717) is 0 Å². The fraction of sp³-hybridized carbons (Fsp3) is 0.286. The predicted octanol–water partition coefficient (Wildman–Crippen LogP) is 11.5. The van der Waals surface area contributed by atoms with Crippen molar-refractivity contribution in [2.75, 3.05) is 14.1 Å². The van der Waals surface area contributed by atoms with Crippen LogP contribution in [0.3, 0.4) is 0 Å². The number of hydrogen-bond acceptors (Lipinski definition) is 6. The van der Waals surface area contributed by atoms with Crippen LogP contribution in [0.15, 0.2) is 188 Å². The molecule has 0 unspecified atom stereocenters. The van der Waals surface area contributed by atoms with Crippen molar-refractivity contribution in [3.63, 3.8) is 0 Å². The minimum Gasteiger partial charge on any atom is -1.00 e. The second kappa shape index (κ2) is 18.8. The average molecular weight is 1100 g/mol. The SMILES string of the molecule is CN1[CH-]N(C)C2=C1C1=NC2=C(c2ccc(C(C)(C)C)cc2)C2=NC(=C(c3ccc(C(C)(C)C)cc3)C3=NC(=C(c4ccc(C(C)(C)C)cc4)C4=NC(=C1c1ccc(C(C)(C)C)cc1)C=C4)C=C3)C=C2.[I-].[Zn+2]. The van der Waals surface area contributed by atoms with Crippen LogP contribution in [0.4, 0.5) is 0 Å². The van der Waals surface area contributed by atoms with E-state index in [1.807, 2.05) is 0 Å². The third-order valence-corrected chi connectivity index (χ3v) is 14.0. The third-order valence-electron chi connectivity index (χ3n) is 14.0. The first-order valence-electron chi connectivity index (χ1n) is 24.4. The molecule has 0 spiro atoms. The first-order valence-corrected chi connectivity index (χ1v) is 24.4. The van der Waals surface area contributed by atoms with Gasteiger partial charge in [-0.3, -0.25) is 0 Å². The summed E-state index contributed by atoms with van der Waals surface area (Å²) in [6.07, 6.45) is 13.0. The molecule has 4 aromatic rings. The topological polar surface area (TPSA) is 55.9 Å². The fourth-order valence-electron chi connectivity index (χ4n) is 9.97. The minimum atomic E-state index is -0.0109. The van der Waals surface area contributed by atoms with Gasteiger partial charge in [0.25, 0.3) is 0 Å². The summed E-state index contributed by atoms with van der Waals surface area (Å²) >= 11 is 0. The van der Waals surface area contributed by atoms with Crippen LogP contribution in [-0.2, 0) is 41.1 Å². The number of benzene rings is 4. The van der Waals surface area contributed by atoms with Gasteiger partial charge in [0.15, 0.2) is 0 Å². The molecular formula is C63H65IN6Zn. The maximum absolute atomic E-state index is 5.84. The number of allylic oxidation sites excluding steroid dienone is 10. The van der Waals surface area contributed by atoms with Gasteiger partial charge in [0, 0.05) is 22.3 Å². The monoisotopic (exact) mass is 1100 g/mol. The first kappa shape index (κ1) is 51.8. The second-order valence-corrected chi connectivity index (χ2v) is 23.3. The standard InChI is InChI=1S/C63H65N6.HI.Zn/c1-60(2,3)42-23-15-38(16-24-42)52-46-31-32-47(64-46)53(39-17-25-43(26-18-39)61(4,5)6)49-34-36-51(66-49)55(41-21-29-45(30-22-41)63(10,11)12)57-59-58(68(13)37-69(59)14)56(67-57)54(50-35-33-48(52)65-50)40-19-27-44(28-20-40)62(7,8)9;;/h15-37H,1-14H3;1H;/q-1;;+2/p-1. The van der Waals surface area contributed by atoms with Crippen LogP contribution in [0.1, 0.15) is 128 Å². The summed E-state index contributed by atoms with van der Waals surface area (Å²) in [5.41, 5.74) is 22.1. The van der Waals surface area contributed by atoms with Crippen molar-refractivity contribution in [1.82, 2.24) is 9.80 Å². The summed E-state index contributed by atoms with van der Waals surface area (Å²) in [6, 6.07) is 36.0. The zero-order valence-electron chi connectivity index (χ0n) is 44.0. The molecule has 0 N–H and O–H groups in total. The van der Waals surface area contributed by atoms with Crippen molar-refractivity contribution in [3.05, 3.63) is 219 Å². The molecule has 10 rings (SSSR count). The van der Waals surface area contributed by atoms with Crippen molar-refractivity contribution < 1.29 is 43.5 Å². The zero-order chi connectivity index (χ0) is 48.9. The Balaban J connectivity index is 0.00000338. The van der Waals surface area contributed by atoms with Gasteiger partial charge in [-0.15, -0.1) is 0 Å². The summed E-state index contributed by atoms with van der Waals surface area (Å²) in [4.78, 5) is 27.1. The number of aliphatic imine (C=N–C) groups is 4. The molecule has 0 atom stereocenters. The van der Waals surface area contributed by atoms with Crippen LogP contribution < -0.4 is 24.0 Å². The molecular weight excluding hydrogens is 1030 g/mol. The molecule has 8 heteroatoms. The molecule has 6 heterocycles. The van der Waals surface area contributed by atoms with Gasteiger partial charge in [0.05, 0.1) is 57.0 Å². The van der Waals surface area contributed by atoms with Crippen LogP contribution in [0, 0.1) is 6.67 Å². The van der Waals surface area contributed by atoms with Gasteiger partial charge in [-0.1, -0.05) is 180 Å². The molecule has 0 saturated heterocycles. The normalized spacial score (nSPS) is 17.8. The molecule has 4 aromatic carbocycles. The Kier molecular flexibility index (Phi) is 13.7. The summed E-state index contributed by atoms with van der Waals surface area (Å²) in [5, 5.41) is 0. The van der Waals surface area contributed by atoms with Crippen molar-refractivity contribution in [3.8, 4) is 0 Å². The van der Waals surface area contributed by atoms with Gasteiger partial charge in [0.1, 0.15) is 0 Å². The van der Waals surface area contributed by atoms with E-state index in [2.05, 4.69) is 247 Å². The number of halogens is 1. The van der Waals surface area contributed by atoms with Gasteiger partial charge < -0.3 is 33.8 Å². The Morgan fingerprint density at radius 2 is 0.634 bits per heavy atom. The third kappa shape index (κ3) is 9.64. The molecule has 71 heavy (non-hydrogen) atoms. The van der Waals surface area contributed by atoms with E-state index >= 15 is 0 Å². The molecule has 0 saturated carbocycles. The van der Waals surface area contributed by atoms with Crippen molar-refractivity contribution >= 4 is 45.1 Å². The van der Waals surface area contributed by atoms with Gasteiger partial charge in [0.2, 0.25) is 0 Å². The maximum Gasteiger partial charge on any atom is 2.00 e. The van der Waals surface area contributed by atoms with Crippen LogP contribution in [-0.4, -0.2) is 46.7 Å². The molecule has 0 amide bonds. The van der Waals surface area contributed by atoms with Gasteiger partial charge in [-0.05, 0) is 117 Å². The number of fused-ring (bicyclic) bond motifs is 6. The maximum atomic E-state index is 5.84. The smallest absolute Gasteiger partial charge is 1.00 e. The Labute approximate surface area is 452 Å². The number of likely N-dealkylation sites (N-methyl/N-ethyl adjacent to an activating group) is 1. The molecule has 8 bridgehead atoms. The Morgan fingerprint density at radius 3 is 0.972 bits per heavy atom. The van der Waals surface area contributed by atoms with E-state index in [1.54, 1.807) is 0 Å². The quantitative estimate of drug-likeness (QED) is 0.116. The Bertz CT molecular complexity index is 3220. The molecule has 6 nitrogen and oxygen atoms in total.